The lowest BCUT2D eigenvalue weighted by Crippen LogP contribution is -2.59. The Bertz CT molecular complexity index is 787. The third kappa shape index (κ3) is 3.05. The Hall–Kier alpha value is -1.63. The summed E-state index contributed by atoms with van der Waals surface area (Å²) in [5.41, 5.74) is 5.69. The number of amides is 3. The van der Waals surface area contributed by atoms with E-state index in [0.717, 1.165) is 70.6 Å². The summed E-state index contributed by atoms with van der Waals surface area (Å²) in [5, 5.41) is 3.66. The summed E-state index contributed by atoms with van der Waals surface area (Å²) in [6.45, 7) is 0. The lowest BCUT2D eigenvalue weighted by molar-refractivity contribution is -0.152. The van der Waals surface area contributed by atoms with Gasteiger partial charge >= 0.3 is 0 Å². The topological polar surface area (TPSA) is 95.7 Å². The Morgan fingerprint density at radius 3 is 1.81 bits per heavy atom. The Kier molecular flexibility index (Phi) is 4.82. The minimum Gasteiger partial charge on any atom is -0.369 e. The molecule has 170 valence electrons. The van der Waals surface area contributed by atoms with Crippen molar-refractivity contribution >= 4 is 17.7 Å². The standard InChI is InChI=1S/C24H36N4O3/c25-22(29)17-8-3-14-5-11-20(17)27(14)24(31)18-9-4-15-6-12-21(18)28(15)23(30)16-7-1-13-2-10-19(16)26-13/h13-21,26H,1-12H2,(H2,25,29)/t13-,14-,15+,16-,17-,18-,19-,20-,21+/m1/s1. The molecule has 0 aromatic heterocycles. The highest BCUT2D eigenvalue weighted by atomic mass is 16.2. The molecule has 6 aliphatic rings. The first kappa shape index (κ1) is 20.0. The van der Waals surface area contributed by atoms with Crippen molar-refractivity contribution in [3.8, 4) is 0 Å². The molecule has 6 heterocycles. The number of hydrogen-bond acceptors (Lipinski definition) is 4. The third-order valence-electron chi connectivity index (χ3n) is 9.74. The molecule has 0 aromatic rings. The molecule has 3 N–H and O–H groups in total. The van der Waals surface area contributed by atoms with Crippen LogP contribution in [0.1, 0.15) is 77.0 Å². The van der Waals surface area contributed by atoms with Crippen LogP contribution in [0.2, 0.25) is 0 Å². The van der Waals surface area contributed by atoms with E-state index in [2.05, 4.69) is 15.1 Å². The predicted molar refractivity (Wildman–Crippen MR) is 115 cm³/mol. The monoisotopic (exact) mass is 428 g/mol. The van der Waals surface area contributed by atoms with Crippen molar-refractivity contribution in [2.24, 2.45) is 23.5 Å². The fourth-order valence-electron chi connectivity index (χ4n) is 8.27. The van der Waals surface area contributed by atoms with E-state index in [9.17, 15) is 14.4 Å². The number of nitrogens with one attached hydrogen (secondary N) is 1. The molecule has 0 radical (unpaired) electrons. The van der Waals surface area contributed by atoms with E-state index in [1.165, 1.54) is 6.42 Å². The Morgan fingerprint density at radius 2 is 1.13 bits per heavy atom. The number of fused-ring (bicyclic) bond motifs is 6. The van der Waals surface area contributed by atoms with Gasteiger partial charge in [0.2, 0.25) is 17.7 Å². The first-order chi connectivity index (χ1) is 15.0. The van der Waals surface area contributed by atoms with Gasteiger partial charge in [0.05, 0.1) is 17.8 Å². The molecular formula is C24H36N4O3. The predicted octanol–water partition coefficient (Wildman–Crippen LogP) is 1.54. The van der Waals surface area contributed by atoms with E-state index < -0.39 is 0 Å². The van der Waals surface area contributed by atoms with Crippen LogP contribution in [0.3, 0.4) is 0 Å². The zero-order valence-corrected chi connectivity index (χ0v) is 18.4. The van der Waals surface area contributed by atoms with Crippen molar-refractivity contribution in [3.63, 3.8) is 0 Å². The molecule has 6 aliphatic heterocycles. The van der Waals surface area contributed by atoms with Crippen LogP contribution in [0.15, 0.2) is 0 Å². The lowest BCUT2D eigenvalue weighted by Gasteiger charge is -2.46. The molecule has 0 aliphatic carbocycles. The molecule has 7 nitrogen and oxygen atoms in total. The van der Waals surface area contributed by atoms with Crippen molar-refractivity contribution in [1.82, 2.24) is 15.1 Å². The average Bonchev–Trinajstić information content (AvgIpc) is 3.38. The molecule has 9 atom stereocenters. The second-order valence-corrected chi connectivity index (χ2v) is 11.1. The molecule has 31 heavy (non-hydrogen) atoms. The lowest BCUT2D eigenvalue weighted by atomic mass is 9.83. The van der Waals surface area contributed by atoms with Crippen molar-refractivity contribution in [3.05, 3.63) is 0 Å². The van der Waals surface area contributed by atoms with Crippen LogP contribution in [-0.2, 0) is 14.4 Å². The zero-order chi connectivity index (χ0) is 21.3. The van der Waals surface area contributed by atoms with Crippen LogP contribution in [0.25, 0.3) is 0 Å². The largest absolute Gasteiger partial charge is 0.369 e. The van der Waals surface area contributed by atoms with Gasteiger partial charge in [0.25, 0.3) is 0 Å². The molecule has 0 saturated carbocycles. The number of carbonyl (C=O) groups is 3. The van der Waals surface area contributed by atoms with Crippen LogP contribution in [-0.4, -0.2) is 63.8 Å². The fourth-order valence-corrected chi connectivity index (χ4v) is 8.27. The first-order valence-electron chi connectivity index (χ1n) is 12.7. The Morgan fingerprint density at radius 1 is 0.613 bits per heavy atom. The van der Waals surface area contributed by atoms with E-state index in [0.29, 0.717) is 24.0 Å². The highest BCUT2D eigenvalue weighted by Gasteiger charge is 2.54. The summed E-state index contributed by atoms with van der Waals surface area (Å²) in [4.78, 5) is 43.8. The second-order valence-electron chi connectivity index (χ2n) is 11.1. The molecule has 6 rings (SSSR count). The molecule has 3 amide bonds. The number of carbonyl (C=O) groups excluding carboxylic acids is 3. The van der Waals surface area contributed by atoms with Gasteiger partial charge in [-0.1, -0.05) is 0 Å². The molecule has 7 heteroatoms. The molecule has 0 spiro atoms. The van der Waals surface area contributed by atoms with Gasteiger partial charge in [-0.05, 0) is 77.0 Å². The maximum atomic E-state index is 13.9. The summed E-state index contributed by atoms with van der Waals surface area (Å²) < 4.78 is 0. The molecule has 6 saturated heterocycles. The van der Waals surface area contributed by atoms with Gasteiger partial charge in [0.15, 0.2) is 0 Å². The maximum absolute atomic E-state index is 13.9. The minimum absolute atomic E-state index is 0.0232. The number of piperidine rings is 3. The van der Waals surface area contributed by atoms with Crippen LogP contribution in [0, 0.1) is 17.8 Å². The number of hydrogen-bond donors (Lipinski definition) is 2. The summed E-state index contributed by atoms with van der Waals surface area (Å²) in [5.74, 6) is 0.0170. The summed E-state index contributed by atoms with van der Waals surface area (Å²) >= 11 is 0. The van der Waals surface area contributed by atoms with Crippen LogP contribution in [0.5, 0.6) is 0 Å². The van der Waals surface area contributed by atoms with E-state index in [4.69, 9.17) is 5.73 Å². The molecule has 6 fully saturated rings. The summed E-state index contributed by atoms with van der Waals surface area (Å²) in [7, 11) is 0. The summed E-state index contributed by atoms with van der Waals surface area (Å²) in [6.07, 6.45) is 11.8. The first-order valence-corrected chi connectivity index (χ1v) is 12.7. The zero-order valence-electron chi connectivity index (χ0n) is 18.4. The third-order valence-corrected chi connectivity index (χ3v) is 9.74. The Labute approximate surface area is 184 Å². The van der Waals surface area contributed by atoms with Crippen molar-refractivity contribution in [1.29, 1.82) is 0 Å². The van der Waals surface area contributed by atoms with Gasteiger partial charge in [-0.25, -0.2) is 0 Å². The number of nitrogens with two attached hydrogens (primary N) is 1. The highest BCUT2D eigenvalue weighted by Crippen LogP contribution is 2.46. The highest BCUT2D eigenvalue weighted by molar-refractivity contribution is 5.86. The van der Waals surface area contributed by atoms with Gasteiger partial charge in [0, 0.05) is 36.3 Å². The second kappa shape index (κ2) is 7.46. The smallest absolute Gasteiger partial charge is 0.228 e. The SMILES string of the molecule is NC(=O)[C@@H]1CC[C@@H]2CC[C@H]1N2C(=O)[C@@H]1CC[C@H]2CC[C@@H]1N2C(=O)[C@@H]1CC[C@@H]2CC[C@H]1N2. The summed E-state index contributed by atoms with van der Waals surface area (Å²) in [6, 6.07) is 1.54. The quantitative estimate of drug-likeness (QED) is 0.713. The maximum Gasteiger partial charge on any atom is 0.228 e. The van der Waals surface area contributed by atoms with E-state index in [1.807, 2.05) is 0 Å². The van der Waals surface area contributed by atoms with Crippen LogP contribution >= 0.6 is 0 Å². The van der Waals surface area contributed by atoms with Gasteiger partial charge in [0.1, 0.15) is 0 Å². The molecule has 0 unspecified atom stereocenters. The van der Waals surface area contributed by atoms with Crippen molar-refractivity contribution < 1.29 is 14.4 Å². The number of rotatable bonds is 3. The average molecular weight is 429 g/mol. The van der Waals surface area contributed by atoms with Crippen molar-refractivity contribution in [2.45, 2.75) is 113 Å². The molecular weight excluding hydrogens is 392 g/mol. The Balaban J connectivity index is 1.22. The number of primary amides is 1. The van der Waals surface area contributed by atoms with Gasteiger partial charge < -0.3 is 20.9 Å². The number of nitrogens with zero attached hydrogens (tertiary/aromatic N) is 2. The van der Waals surface area contributed by atoms with Crippen LogP contribution < -0.4 is 11.1 Å². The normalized spacial score (nSPS) is 45.7. The molecule has 0 aromatic carbocycles. The molecule has 6 bridgehead atoms. The van der Waals surface area contributed by atoms with Crippen LogP contribution in [0.4, 0.5) is 0 Å². The van der Waals surface area contributed by atoms with Crippen molar-refractivity contribution in [2.75, 3.05) is 0 Å². The van der Waals surface area contributed by atoms with Gasteiger partial charge in [-0.3, -0.25) is 14.4 Å². The van der Waals surface area contributed by atoms with Gasteiger partial charge in [-0.15, -0.1) is 0 Å². The van der Waals surface area contributed by atoms with E-state index >= 15 is 0 Å². The van der Waals surface area contributed by atoms with Gasteiger partial charge in [-0.2, -0.15) is 0 Å². The van der Waals surface area contributed by atoms with E-state index in [1.54, 1.807) is 0 Å². The minimum atomic E-state index is -0.260. The fraction of sp³-hybridized carbons (Fsp3) is 0.875. The van der Waals surface area contributed by atoms with E-state index in [-0.39, 0.29) is 47.7 Å².